The van der Waals surface area contributed by atoms with Crippen LogP contribution in [-0.2, 0) is 0 Å². The molecule has 1 amide bonds. The largest absolute Gasteiger partial charge is 0.496 e. The molecule has 4 nitrogen and oxygen atoms in total. The van der Waals surface area contributed by atoms with Gasteiger partial charge in [-0.1, -0.05) is 54.6 Å². The number of carbonyl (C=O) groups excluding carboxylic acids is 1. The molecule has 1 N–H and O–H groups in total. The second kappa shape index (κ2) is 7.61. The summed E-state index contributed by atoms with van der Waals surface area (Å²) in [7, 11) is 1.66. The summed E-state index contributed by atoms with van der Waals surface area (Å²) in [6.07, 6.45) is 3.68. The number of para-hydroxylation sites is 3. The quantitative estimate of drug-likeness (QED) is 0.693. The van der Waals surface area contributed by atoms with Crippen LogP contribution in [0.1, 0.15) is 21.5 Å². The van der Waals surface area contributed by atoms with Gasteiger partial charge in [0.05, 0.1) is 12.7 Å². The highest BCUT2D eigenvalue weighted by molar-refractivity contribution is 6.12. The maximum atomic E-state index is 13.3. The number of carbonyl (C=O) groups is 1. The molecule has 0 unspecified atom stereocenters. The third-order valence-corrected chi connectivity index (χ3v) is 4.93. The summed E-state index contributed by atoms with van der Waals surface area (Å²) in [6, 6.07) is 23.4. The number of nitrogens with one attached hydrogen (secondary N) is 1. The van der Waals surface area contributed by atoms with Gasteiger partial charge in [-0.2, -0.15) is 0 Å². The van der Waals surface area contributed by atoms with Crippen molar-refractivity contribution >= 4 is 23.4 Å². The number of amides is 1. The second-order valence-corrected chi connectivity index (χ2v) is 6.70. The summed E-state index contributed by atoms with van der Waals surface area (Å²) in [6.45, 7) is 2.02. The van der Waals surface area contributed by atoms with Gasteiger partial charge in [-0.05, 0) is 42.8 Å². The lowest BCUT2D eigenvalue weighted by Crippen LogP contribution is -2.48. The molecule has 1 aliphatic rings. The molecular weight excluding hydrogens is 348 g/mol. The van der Waals surface area contributed by atoms with E-state index in [2.05, 4.69) is 5.32 Å². The van der Waals surface area contributed by atoms with Gasteiger partial charge in [-0.15, -0.1) is 0 Å². The van der Waals surface area contributed by atoms with Crippen molar-refractivity contribution < 1.29 is 9.53 Å². The minimum atomic E-state index is -0.312. The Morgan fingerprint density at radius 2 is 1.68 bits per heavy atom. The van der Waals surface area contributed by atoms with E-state index in [0.717, 1.165) is 28.3 Å². The first-order valence-corrected chi connectivity index (χ1v) is 9.25. The standard InChI is InChI=1S/C24H22N2O2/c1-17-9-3-7-13-21(17)26-23(16-15-18-10-4-8-14-22(18)28-2)25-20-12-6-5-11-19(20)24(26)27/h3-16,23,25H,1-2H3/b16-15+/t23-/m1/s1. The van der Waals surface area contributed by atoms with Crippen LogP contribution in [0.2, 0.25) is 0 Å². The molecule has 28 heavy (non-hydrogen) atoms. The Balaban J connectivity index is 1.78. The lowest BCUT2D eigenvalue weighted by atomic mass is 10.0. The highest BCUT2D eigenvalue weighted by Crippen LogP contribution is 2.32. The Labute approximate surface area is 165 Å². The second-order valence-electron chi connectivity index (χ2n) is 6.70. The average molecular weight is 370 g/mol. The molecule has 1 heterocycles. The van der Waals surface area contributed by atoms with E-state index in [1.54, 1.807) is 7.11 Å². The lowest BCUT2D eigenvalue weighted by Gasteiger charge is -2.37. The number of benzene rings is 3. The van der Waals surface area contributed by atoms with Gasteiger partial charge in [0.15, 0.2) is 0 Å². The molecule has 0 aromatic heterocycles. The van der Waals surface area contributed by atoms with Crippen LogP contribution in [0.3, 0.4) is 0 Å². The van der Waals surface area contributed by atoms with Crippen LogP contribution in [0.25, 0.3) is 6.08 Å². The van der Waals surface area contributed by atoms with Crippen LogP contribution >= 0.6 is 0 Å². The Kier molecular flexibility index (Phi) is 4.85. The number of nitrogens with zero attached hydrogens (tertiary/aromatic N) is 1. The van der Waals surface area contributed by atoms with Gasteiger partial charge in [0, 0.05) is 16.9 Å². The summed E-state index contributed by atoms with van der Waals surface area (Å²) in [5.74, 6) is 0.780. The average Bonchev–Trinajstić information content (AvgIpc) is 2.73. The summed E-state index contributed by atoms with van der Waals surface area (Å²) in [5.41, 5.74) is 4.42. The number of fused-ring (bicyclic) bond motifs is 1. The Bertz CT molecular complexity index is 1040. The van der Waals surface area contributed by atoms with Crippen molar-refractivity contribution in [3.05, 3.63) is 95.6 Å². The zero-order valence-electron chi connectivity index (χ0n) is 15.9. The first-order chi connectivity index (χ1) is 13.7. The lowest BCUT2D eigenvalue weighted by molar-refractivity contribution is 0.0979. The molecule has 4 heteroatoms. The Morgan fingerprint density at radius 1 is 0.964 bits per heavy atom. The van der Waals surface area contributed by atoms with Crippen LogP contribution in [0.4, 0.5) is 11.4 Å². The fourth-order valence-corrected chi connectivity index (χ4v) is 3.50. The van der Waals surface area contributed by atoms with Gasteiger partial charge >= 0.3 is 0 Å². The van der Waals surface area contributed by atoms with E-state index in [1.165, 1.54) is 0 Å². The minimum Gasteiger partial charge on any atom is -0.496 e. The number of ether oxygens (including phenoxy) is 1. The normalized spacial score (nSPS) is 16.0. The topological polar surface area (TPSA) is 41.6 Å². The van der Waals surface area contributed by atoms with Crippen molar-refractivity contribution in [2.45, 2.75) is 13.1 Å². The van der Waals surface area contributed by atoms with Crippen LogP contribution < -0.4 is 15.0 Å². The molecule has 0 fully saturated rings. The molecule has 1 aliphatic heterocycles. The smallest absolute Gasteiger partial charge is 0.262 e. The van der Waals surface area contributed by atoms with Gasteiger partial charge in [0.2, 0.25) is 0 Å². The van der Waals surface area contributed by atoms with E-state index in [1.807, 2.05) is 96.8 Å². The van der Waals surface area contributed by atoms with Crippen molar-refractivity contribution in [3.8, 4) is 5.75 Å². The van der Waals surface area contributed by atoms with Crippen molar-refractivity contribution in [1.82, 2.24) is 0 Å². The number of anilines is 2. The van der Waals surface area contributed by atoms with E-state index < -0.39 is 0 Å². The molecule has 4 rings (SSSR count). The van der Waals surface area contributed by atoms with E-state index >= 15 is 0 Å². The molecular formula is C24H22N2O2. The maximum absolute atomic E-state index is 13.3. The summed E-state index contributed by atoms with van der Waals surface area (Å²) >= 11 is 0. The first kappa shape index (κ1) is 17.9. The predicted octanol–water partition coefficient (Wildman–Crippen LogP) is 5.12. The summed E-state index contributed by atoms with van der Waals surface area (Å²) in [4.78, 5) is 15.2. The Hall–Kier alpha value is -3.53. The zero-order chi connectivity index (χ0) is 19.5. The molecule has 0 spiro atoms. The van der Waals surface area contributed by atoms with Crippen molar-refractivity contribution in [2.24, 2.45) is 0 Å². The molecule has 0 radical (unpaired) electrons. The van der Waals surface area contributed by atoms with Gasteiger partial charge < -0.3 is 10.1 Å². The number of aryl methyl sites for hydroxylation is 1. The van der Waals surface area contributed by atoms with Crippen molar-refractivity contribution in [2.75, 3.05) is 17.3 Å². The highest BCUT2D eigenvalue weighted by Gasteiger charge is 2.32. The molecule has 0 saturated heterocycles. The molecule has 0 aliphatic carbocycles. The van der Waals surface area contributed by atoms with Gasteiger partial charge in [-0.3, -0.25) is 9.69 Å². The van der Waals surface area contributed by atoms with Crippen molar-refractivity contribution in [1.29, 1.82) is 0 Å². The van der Waals surface area contributed by atoms with Crippen LogP contribution in [0.15, 0.2) is 78.9 Å². The van der Waals surface area contributed by atoms with Crippen LogP contribution in [0, 0.1) is 6.92 Å². The van der Waals surface area contributed by atoms with Gasteiger partial charge in [0.25, 0.3) is 5.91 Å². The number of methoxy groups -OCH3 is 1. The van der Waals surface area contributed by atoms with E-state index in [0.29, 0.717) is 5.56 Å². The van der Waals surface area contributed by atoms with E-state index in [9.17, 15) is 4.79 Å². The van der Waals surface area contributed by atoms with Crippen LogP contribution in [-0.4, -0.2) is 19.2 Å². The van der Waals surface area contributed by atoms with E-state index in [-0.39, 0.29) is 12.1 Å². The monoisotopic (exact) mass is 370 g/mol. The number of hydrogen-bond donors (Lipinski definition) is 1. The molecule has 1 atom stereocenters. The zero-order valence-corrected chi connectivity index (χ0v) is 15.9. The molecule has 0 bridgehead atoms. The highest BCUT2D eigenvalue weighted by atomic mass is 16.5. The summed E-state index contributed by atoms with van der Waals surface area (Å²) < 4.78 is 5.44. The molecule has 140 valence electrons. The van der Waals surface area contributed by atoms with Gasteiger partial charge in [0.1, 0.15) is 11.9 Å². The molecule has 3 aromatic carbocycles. The van der Waals surface area contributed by atoms with Crippen LogP contribution in [0.5, 0.6) is 5.75 Å². The first-order valence-electron chi connectivity index (χ1n) is 9.25. The third kappa shape index (κ3) is 3.25. The maximum Gasteiger partial charge on any atom is 0.262 e. The summed E-state index contributed by atoms with van der Waals surface area (Å²) in [5, 5.41) is 3.49. The minimum absolute atomic E-state index is 0.0154. The van der Waals surface area contributed by atoms with Crippen molar-refractivity contribution in [3.63, 3.8) is 0 Å². The fraction of sp³-hybridized carbons (Fsp3) is 0.125. The molecule has 0 saturated carbocycles. The SMILES string of the molecule is COc1ccccc1/C=C/[C@@H]1Nc2ccccc2C(=O)N1c1ccccc1C. The van der Waals surface area contributed by atoms with Gasteiger partial charge in [-0.25, -0.2) is 0 Å². The third-order valence-electron chi connectivity index (χ3n) is 4.93. The molecule has 3 aromatic rings. The number of hydrogen-bond acceptors (Lipinski definition) is 3. The Morgan fingerprint density at radius 3 is 2.50 bits per heavy atom. The number of rotatable bonds is 4. The predicted molar refractivity (Wildman–Crippen MR) is 114 cm³/mol. The fourth-order valence-electron chi connectivity index (χ4n) is 3.50. The van der Waals surface area contributed by atoms with E-state index in [4.69, 9.17) is 4.74 Å².